The first-order chi connectivity index (χ1) is 9.24. The molecule has 0 aliphatic rings. The molecule has 0 atom stereocenters. The van der Waals surface area contributed by atoms with Gasteiger partial charge in [-0.15, -0.1) is 5.10 Å². The highest BCUT2D eigenvalue weighted by Gasteiger charge is 2.14. The first kappa shape index (κ1) is 13.2. The molecule has 0 fully saturated rings. The lowest BCUT2D eigenvalue weighted by Gasteiger charge is -2.04. The van der Waals surface area contributed by atoms with Gasteiger partial charge in [-0.1, -0.05) is 23.5 Å². The fourth-order valence-electron chi connectivity index (χ4n) is 1.63. The lowest BCUT2D eigenvalue weighted by Crippen LogP contribution is -2.22. The van der Waals surface area contributed by atoms with Crippen molar-refractivity contribution < 1.29 is 4.79 Å². The number of aromatic nitrogens is 2. The van der Waals surface area contributed by atoms with E-state index in [9.17, 15) is 4.79 Å². The summed E-state index contributed by atoms with van der Waals surface area (Å²) in [7, 11) is 0. The summed E-state index contributed by atoms with van der Waals surface area (Å²) in [4.78, 5) is 12.5. The molecule has 0 spiro atoms. The Bertz CT molecular complexity index is 630. The van der Waals surface area contributed by atoms with E-state index in [1.165, 1.54) is 0 Å². The van der Waals surface area contributed by atoms with Crippen LogP contribution in [0.2, 0.25) is 0 Å². The Kier molecular flexibility index (Phi) is 4.21. The number of nitrogens with zero attached hydrogens (tertiary/aromatic N) is 3. The molecule has 19 heavy (non-hydrogen) atoms. The van der Waals surface area contributed by atoms with E-state index in [2.05, 4.69) is 21.0 Å². The van der Waals surface area contributed by atoms with Crippen LogP contribution in [0.3, 0.4) is 0 Å². The van der Waals surface area contributed by atoms with Gasteiger partial charge in [0.1, 0.15) is 4.88 Å². The van der Waals surface area contributed by atoms with Gasteiger partial charge >= 0.3 is 0 Å². The van der Waals surface area contributed by atoms with Crippen molar-refractivity contribution in [2.24, 2.45) is 0 Å². The van der Waals surface area contributed by atoms with E-state index in [0.29, 0.717) is 29.1 Å². The van der Waals surface area contributed by atoms with Gasteiger partial charge < -0.3 is 5.32 Å². The van der Waals surface area contributed by atoms with Gasteiger partial charge in [-0.2, -0.15) is 5.26 Å². The second-order valence-electron chi connectivity index (χ2n) is 3.90. The first-order valence-corrected chi connectivity index (χ1v) is 6.60. The van der Waals surface area contributed by atoms with Crippen LogP contribution in [0.1, 0.15) is 33.4 Å². The van der Waals surface area contributed by atoms with E-state index in [1.807, 2.05) is 13.0 Å². The molecule has 0 saturated heterocycles. The molecule has 2 rings (SSSR count). The zero-order valence-corrected chi connectivity index (χ0v) is 11.2. The van der Waals surface area contributed by atoms with Gasteiger partial charge in [-0.05, 0) is 35.6 Å². The van der Waals surface area contributed by atoms with Crippen LogP contribution in [0, 0.1) is 11.3 Å². The van der Waals surface area contributed by atoms with E-state index in [-0.39, 0.29) is 5.91 Å². The van der Waals surface area contributed by atoms with Crippen molar-refractivity contribution in [2.45, 2.75) is 19.9 Å². The van der Waals surface area contributed by atoms with Crippen LogP contribution in [0.5, 0.6) is 0 Å². The normalized spacial score (nSPS) is 9.89. The summed E-state index contributed by atoms with van der Waals surface area (Å²) < 4.78 is 3.78. The van der Waals surface area contributed by atoms with Crippen molar-refractivity contribution >= 4 is 17.4 Å². The highest BCUT2D eigenvalue weighted by atomic mass is 32.1. The monoisotopic (exact) mass is 272 g/mol. The number of hydrogen-bond donors (Lipinski definition) is 1. The van der Waals surface area contributed by atoms with Gasteiger partial charge in [0.25, 0.3) is 5.91 Å². The van der Waals surface area contributed by atoms with Crippen LogP contribution in [-0.2, 0) is 13.0 Å². The van der Waals surface area contributed by atoms with Gasteiger partial charge in [-0.25, -0.2) is 0 Å². The smallest absolute Gasteiger partial charge is 0.265 e. The number of rotatable bonds is 4. The number of amides is 1. The van der Waals surface area contributed by atoms with Gasteiger partial charge in [0.2, 0.25) is 0 Å². The summed E-state index contributed by atoms with van der Waals surface area (Å²) in [6.07, 6.45) is 0.684. The number of hydrogen-bond acceptors (Lipinski definition) is 5. The maximum absolute atomic E-state index is 12.0. The standard InChI is InChI=1S/C13H12N4OS/c1-2-11-12(19-17-16-11)13(18)15-8-10-5-3-4-9(6-10)7-14/h3-6H,2,8H2,1H3,(H,15,18). The summed E-state index contributed by atoms with van der Waals surface area (Å²) in [6.45, 7) is 2.32. The molecule has 0 aliphatic heterocycles. The van der Waals surface area contributed by atoms with Crippen molar-refractivity contribution in [1.82, 2.24) is 14.9 Å². The Labute approximate surface area is 115 Å². The third kappa shape index (κ3) is 3.14. The van der Waals surface area contributed by atoms with Gasteiger partial charge in [0.05, 0.1) is 17.3 Å². The van der Waals surface area contributed by atoms with Crippen LogP contribution >= 0.6 is 11.5 Å². The quantitative estimate of drug-likeness (QED) is 0.922. The van der Waals surface area contributed by atoms with Crippen LogP contribution in [0.4, 0.5) is 0 Å². The molecule has 96 valence electrons. The fraction of sp³-hybridized carbons (Fsp3) is 0.231. The highest BCUT2D eigenvalue weighted by molar-refractivity contribution is 7.08. The van der Waals surface area contributed by atoms with Crippen LogP contribution in [-0.4, -0.2) is 15.5 Å². The van der Waals surface area contributed by atoms with E-state index < -0.39 is 0 Å². The summed E-state index contributed by atoms with van der Waals surface area (Å²) in [5, 5.41) is 15.5. The van der Waals surface area contributed by atoms with Gasteiger partial charge in [0.15, 0.2) is 0 Å². The Balaban J connectivity index is 2.03. The number of benzene rings is 1. The average molecular weight is 272 g/mol. The molecule has 6 heteroatoms. The van der Waals surface area contributed by atoms with E-state index in [4.69, 9.17) is 5.26 Å². The molecule has 1 N–H and O–H groups in total. The minimum Gasteiger partial charge on any atom is -0.347 e. The zero-order valence-electron chi connectivity index (χ0n) is 10.4. The van der Waals surface area contributed by atoms with Gasteiger partial charge in [0, 0.05) is 6.54 Å². The summed E-state index contributed by atoms with van der Waals surface area (Å²) in [6, 6.07) is 9.22. The molecule has 2 aromatic rings. The molecule has 0 saturated carbocycles. The minimum absolute atomic E-state index is 0.172. The molecule has 1 aromatic carbocycles. The topological polar surface area (TPSA) is 78.7 Å². The largest absolute Gasteiger partial charge is 0.347 e. The predicted molar refractivity (Wildman–Crippen MR) is 71.6 cm³/mol. The van der Waals surface area contributed by atoms with Crippen LogP contribution in [0.15, 0.2) is 24.3 Å². The first-order valence-electron chi connectivity index (χ1n) is 5.83. The lowest BCUT2D eigenvalue weighted by molar-refractivity contribution is 0.0954. The molecule has 0 unspecified atom stereocenters. The molecule has 0 bridgehead atoms. The van der Waals surface area contributed by atoms with Crippen molar-refractivity contribution in [3.05, 3.63) is 46.0 Å². The third-order valence-electron chi connectivity index (χ3n) is 2.61. The predicted octanol–water partition coefficient (Wildman–Crippen LogP) is 1.90. The van der Waals surface area contributed by atoms with E-state index in [1.54, 1.807) is 18.2 Å². The summed E-state index contributed by atoms with van der Waals surface area (Å²) >= 11 is 1.10. The van der Waals surface area contributed by atoms with Crippen molar-refractivity contribution in [3.63, 3.8) is 0 Å². The zero-order chi connectivity index (χ0) is 13.7. The molecule has 0 aliphatic carbocycles. The molecule has 0 radical (unpaired) electrons. The van der Waals surface area contributed by atoms with Crippen molar-refractivity contribution in [2.75, 3.05) is 0 Å². The Hall–Kier alpha value is -2.26. The maximum Gasteiger partial charge on any atom is 0.265 e. The van der Waals surface area contributed by atoms with Crippen molar-refractivity contribution in [1.29, 1.82) is 5.26 Å². The third-order valence-corrected chi connectivity index (χ3v) is 3.37. The molecule has 1 aromatic heterocycles. The fourth-order valence-corrected chi connectivity index (χ4v) is 2.29. The Morgan fingerprint density at radius 2 is 2.37 bits per heavy atom. The Morgan fingerprint density at radius 3 is 3.11 bits per heavy atom. The molecule has 1 heterocycles. The number of carbonyl (C=O) groups is 1. The second kappa shape index (κ2) is 6.07. The minimum atomic E-state index is -0.172. The number of nitriles is 1. The van der Waals surface area contributed by atoms with E-state index >= 15 is 0 Å². The maximum atomic E-state index is 12.0. The van der Waals surface area contributed by atoms with Crippen molar-refractivity contribution in [3.8, 4) is 6.07 Å². The SMILES string of the molecule is CCc1nnsc1C(=O)NCc1cccc(C#N)c1. The van der Waals surface area contributed by atoms with Crippen LogP contribution < -0.4 is 5.32 Å². The summed E-state index contributed by atoms with van der Waals surface area (Å²) in [5.74, 6) is -0.172. The van der Waals surface area contributed by atoms with E-state index in [0.717, 1.165) is 17.1 Å². The average Bonchev–Trinajstić information content (AvgIpc) is 2.93. The number of aryl methyl sites for hydroxylation is 1. The molecule has 5 nitrogen and oxygen atoms in total. The second-order valence-corrected chi connectivity index (χ2v) is 4.65. The Morgan fingerprint density at radius 1 is 1.53 bits per heavy atom. The number of nitrogens with one attached hydrogen (secondary N) is 1. The van der Waals surface area contributed by atoms with Crippen LogP contribution in [0.25, 0.3) is 0 Å². The van der Waals surface area contributed by atoms with Gasteiger partial charge in [-0.3, -0.25) is 4.79 Å². The molecular formula is C13H12N4OS. The lowest BCUT2D eigenvalue weighted by atomic mass is 10.1. The number of carbonyl (C=O) groups excluding carboxylic acids is 1. The molecular weight excluding hydrogens is 260 g/mol. The summed E-state index contributed by atoms with van der Waals surface area (Å²) in [5.41, 5.74) is 2.19. The highest BCUT2D eigenvalue weighted by Crippen LogP contribution is 2.11. The molecule has 1 amide bonds.